The molecule has 4 nitrogen and oxygen atoms in total. The average molecular weight is 233 g/mol. The maximum Gasteiger partial charge on any atom is 0.309 e. The summed E-state index contributed by atoms with van der Waals surface area (Å²) in [6.07, 6.45) is 0.0999. The van der Waals surface area contributed by atoms with E-state index in [0.717, 1.165) is 5.56 Å². The summed E-state index contributed by atoms with van der Waals surface area (Å²) < 4.78 is 0. The van der Waals surface area contributed by atoms with Gasteiger partial charge >= 0.3 is 5.97 Å². The Bertz CT molecular complexity index is 430. The van der Waals surface area contributed by atoms with Crippen molar-refractivity contribution in [3.63, 3.8) is 0 Å². The Morgan fingerprint density at radius 3 is 2.59 bits per heavy atom. The monoisotopic (exact) mass is 233 g/mol. The second-order valence-corrected chi connectivity index (χ2v) is 4.18. The van der Waals surface area contributed by atoms with Crippen LogP contribution in [0.2, 0.25) is 0 Å². The summed E-state index contributed by atoms with van der Waals surface area (Å²) in [6, 6.07) is 9.04. The van der Waals surface area contributed by atoms with Gasteiger partial charge in [0, 0.05) is 13.0 Å². The molecule has 0 bridgehead atoms. The van der Waals surface area contributed by atoms with Crippen molar-refractivity contribution in [2.45, 2.75) is 19.4 Å². The number of likely N-dealkylation sites (tertiary alicyclic amines) is 1. The molecule has 0 aromatic heterocycles. The van der Waals surface area contributed by atoms with Crippen LogP contribution >= 0.6 is 0 Å². The van der Waals surface area contributed by atoms with Crippen LogP contribution in [-0.2, 0) is 9.59 Å². The van der Waals surface area contributed by atoms with Gasteiger partial charge < -0.3 is 10.0 Å². The fourth-order valence-corrected chi connectivity index (χ4v) is 2.45. The molecule has 1 heterocycles. The van der Waals surface area contributed by atoms with E-state index in [1.54, 1.807) is 4.90 Å². The zero-order chi connectivity index (χ0) is 12.4. The number of carboxylic acids is 1. The lowest BCUT2D eigenvalue weighted by Crippen LogP contribution is -2.30. The Kier molecular flexibility index (Phi) is 3.13. The van der Waals surface area contributed by atoms with Gasteiger partial charge in [-0.3, -0.25) is 9.59 Å². The summed E-state index contributed by atoms with van der Waals surface area (Å²) in [5.74, 6) is -1.61. The molecule has 4 heteroatoms. The van der Waals surface area contributed by atoms with Crippen LogP contribution in [0.1, 0.15) is 24.9 Å². The quantitative estimate of drug-likeness (QED) is 0.864. The molecule has 2 rings (SSSR count). The molecule has 1 aromatic carbocycles. The number of amides is 1. The van der Waals surface area contributed by atoms with E-state index in [-0.39, 0.29) is 18.4 Å². The van der Waals surface area contributed by atoms with E-state index in [2.05, 4.69) is 0 Å². The third-order valence-corrected chi connectivity index (χ3v) is 3.23. The van der Waals surface area contributed by atoms with Crippen LogP contribution in [0, 0.1) is 5.92 Å². The van der Waals surface area contributed by atoms with Crippen LogP contribution in [0.25, 0.3) is 0 Å². The van der Waals surface area contributed by atoms with E-state index in [0.29, 0.717) is 6.54 Å². The molecule has 17 heavy (non-hydrogen) atoms. The highest BCUT2D eigenvalue weighted by molar-refractivity contribution is 5.87. The van der Waals surface area contributed by atoms with Crippen LogP contribution in [-0.4, -0.2) is 28.4 Å². The van der Waals surface area contributed by atoms with Gasteiger partial charge in [0.25, 0.3) is 0 Å². The number of carbonyl (C=O) groups is 2. The lowest BCUT2D eigenvalue weighted by molar-refractivity contribution is -0.142. The molecular formula is C13H15NO3. The van der Waals surface area contributed by atoms with Crippen molar-refractivity contribution in [1.29, 1.82) is 0 Å². The van der Waals surface area contributed by atoms with Gasteiger partial charge in [-0.25, -0.2) is 0 Å². The molecule has 1 aromatic rings. The minimum Gasteiger partial charge on any atom is -0.481 e. The molecule has 1 fully saturated rings. The number of carbonyl (C=O) groups excluding carboxylic acids is 1. The van der Waals surface area contributed by atoms with Crippen LogP contribution < -0.4 is 0 Å². The lowest BCUT2D eigenvalue weighted by atomic mass is 9.94. The maximum absolute atomic E-state index is 11.8. The Balaban J connectivity index is 2.39. The van der Waals surface area contributed by atoms with Crippen molar-refractivity contribution < 1.29 is 14.7 Å². The molecule has 1 aliphatic rings. The van der Waals surface area contributed by atoms with Crippen molar-refractivity contribution >= 4 is 11.9 Å². The molecule has 0 aliphatic carbocycles. The third-order valence-electron chi connectivity index (χ3n) is 3.23. The molecule has 0 spiro atoms. The Morgan fingerprint density at radius 1 is 1.41 bits per heavy atom. The van der Waals surface area contributed by atoms with E-state index in [4.69, 9.17) is 0 Å². The van der Waals surface area contributed by atoms with Crippen LogP contribution in [0.3, 0.4) is 0 Å². The minimum atomic E-state index is -0.900. The largest absolute Gasteiger partial charge is 0.481 e. The van der Waals surface area contributed by atoms with E-state index in [9.17, 15) is 14.7 Å². The highest BCUT2D eigenvalue weighted by atomic mass is 16.4. The molecule has 1 aliphatic heterocycles. The van der Waals surface area contributed by atoms with E-state index in [1.165, 1.54) is 0 Å². The van der Waals surface area contributed by atoms with Gasteiger partial charge in [-0.15, -0.1) is 0 Å². The van der Waals surface area contributed by atoms with E-state index < -0.39 is 11.9 Å². The smallest absolute Gasteiger partial charge is 0.309 e. The first kappa shape index (κ1) is 11.6. The molecular weight excluding hydrogens is 218 g/mol. The summed E-state index contributed by atoms with van der Waals surface area (Å²) in [7, 11) is 0. The average Bonchev–Trinajstić information content (AvgIpc) is 2.67. The van der Waals surface area contributed by atoms with Crippen molar-refractivity contribution in [3.8, 4) is 0 Å². The molecule has 1 N–H and O–H groups in total. The van der Waals surface area contributed by atoms with Crippen molar-refractivity contribution in [3.05, 3.63) is 35.9 Å². The normalized spacial score (nSPS) is 24.1. The standard InChI is InChI=1S/C13H15NO3/c1-2-14-11(15)8-10(13(16)17)12(14)9-6-4-3-5-7-9/h3-7,10,12H,2,8H2,1H3,(H,16,17)/t10-,12+/m1/s1. The second kappa shape index (κ2) is 4.57. The number of nitrogens with zero attached hydrogens (tertiary/aromatic N) is 1. The van der Waals surface area contributed by atoms with Crippen molar-refractivity contribution in [1.82, 2.24) is 4.90 Å². The van der Waals surface area contributed by atoms with Gasteiger partial charge in [0.05, 0.1) is 12.0 Å². The summed E-state index contributed by atoms with van der Waals surface area (Å²) in [6.45, 7) is 2.42. The van der Waals surface area contributed by atoms with E-state index >= 15 is 0 Å². The predicted molar refractivity (Wildman–Crippen MR) is 62.3 cm³/mol. The first-order valence-corrected chi connectivity index (χ1v) is 5.72. The second-order valence-electron chi connectivity index (χ2n) is 4.18. The summed E-state index contributed by atoms with van der Waals surface area (Å²) in [5.41, 5.74) is 0.896. The molecule has 0 radical (unpaired) electrons. The number of carboxylic acid groups (broad SMARTS) is 1. The molecule has 90 valence electrons. The number of hydrogen-bond acceptors (Lipinski definition) is 2. The zero-order valence-electron chi connectivity index (χ0n) is 9.67. The lowest BCUT2D eigenvalue weighted by Gasteiger charge is -2.25. The number of hydrogen-bond donors (Lipinski definition) is 1. The number of aliphatic carboxylic acids is 1. The van der Waals surface area contributed by atoms with E-state index in [1.807, 2.05) is 37.3 Å². The van der Waals surface area contributed by atoms with Crippen molar-refractivity contribution in [2.24, 2.45) is 5.92 Å². The highest BCUT2D eigenvalue weighted by Gasteiger charge is 2.43. The Hall–Kier alpha value is -1.84. The Labute approximate surface area is 99.9 Å². The van der Waals surface area contributed by atoms with Gasteiger partial charge in [0.15, 0.2) is 0 Å². The topological polar surface area (TPSA) is 57.6 Å². The van der Waals surface area contributed by atoms with Crippen molar-refractivity contribution in [2.75, 3.05) is 6.54 Å². The summed E-state index contributed by atoms with van der Waals surface area (Å²) in [5, 5.41) is 9.20. The Morgan fingerprint density at radius 2 is 2.06 bits per heavy atom. The molecule has 0 unspecified atom stereocenters. The third kappa shape index (κ3) is 2.02. The zero-order valence-corrected chi connectivity index (χ0v) is 9.67. The highest BCUT2D eigenvalue weighted by Crippen LogP contribution is 2.37. The first-order chi connectivity index (χ1) is 8.15. The van der Waals surface area contributed by atoms with Gasteiger partial charge in [-0.05, 0) is 12.5 Å². The fraction of sp³-hybridized carbons (Fsp3) is 0.385. The molecule has 2 atom stereocenters. The van der Waals surface area contributed by atoms with Gasteiger partial charge in [-0.2, -0.15) is 0 Å². The molecule has 0 saturated carbocycles. The van der Waals surface area contributed by atoms with Gasteiger partial charge in [0.2, 0.25) is 5.91 Å². The van der Waals surface area contributed by atoms with Gasteiger partial charge in [-0.1, -0.05) is 30.3 Å². The fourth-order valence-electron chi connectivity index (χ4n) is 2.45. The van der Waals surface area contributed by atoms with Crippen LogP contribution in [0.15, 0.2) is 30.3 Å². The van der Waals surface area contributed by atoms with Crippen LogP contribution in [0.4, 0.5) is 0 Å². The predicted octanol–water partition coefficient (Wildman–Crippen LogP) is 1.68. The van der Waals surface area contributed by atoms with Crippen LogP contribution in [0.5, 0.6) is 0 Å². The summed E-state index contributed by atoms with van der Waals surface area (Å²) in [4.78, 5) is 24.6. The van der Waals surface area contributed by atoms with Gasteiger partial charge in [0.1, 0.15) is 0 Å². The molecule has 1 saturated heterocycles. The maximum atomic E-state index is 11.8. The SMILES string of the molecule is CCN1C(=O)C[C@@H](C(=O)O)[C@@H]1c1ccccc1. The minimum absolute atomic E-state index is 0.0752. The molecule has 1 amide bonds. The summed E-state index contributed by atoms with van der Waals surface area (Å²) >= 11 is 0. The first-order valence-electron chi connectivity index (χ1n) is 5.72. The number of rotatable bonds is 3. The number of benzene rings is 1.